The van der Waals surface area contributed by atoms with E-state index in [4.69, 9.17) is 14.5 Å². The molecule has 0 radical (unpaired) electrons. The van der Waals surface area contributed by atoms with E-state index in [1.165, 1.54) is 27.1 Å². The van der Waals surface area contributed by atoms with Crippen LogP contribution in [0.3, 0.4) is 0 Å². The number of rotatable bonds is 1. The van der Waals surface area contributed by atoms with Gasteiger partial charge in [-0.3, -0.25) is 0 Å². The fraction of sp³-hybridized carbons (Fsp3) is 0.552. The lowest BCUT2D eigenvalue weighted by molar-refractivity contribution is 0.0150. The summed E-state index contributed by atoms with van der Waals surface area (Å²) in [5.74, 6) is 0.721. The summed E-state index contributed by atoms with van der Waals surface area (Å²) in [5.41, 5.74) is 0.266. The number of carbonyl (C=O) groups is 2. The predicted octanol–water partition coefficient (Wildman–Crippen LogP) is 9.01. The molecule has 206 valence electrons. The Bertz CT molecular complexity index is 1240. The molecule has 1 unspecified atom stereocenters. The predicted molar refractivity (Wildman–Crippen MR) is 160 cm³/mol. The van der Waals surface area contributed by atoms with Crippen LogP contribution in [0.1, 0.15) is 78.7 Å². The van der Waals surface area contributed by atoms with E-state index in [1.807, 2.05) is 23.5 Å². The van der Waals surface area contributed by atoms with Crippen molar-refractivity contribution in [1.82, 2.24) is 4.90 Å². The van der Waals surface area contributed by atoms with Crippen molar-refractivity contribution in [2.75, 3.05) is 5.75 Å². The SMILES string of the molecule is CC1(C)Cc2sc(-c3cccc(Br)c3)cc2C2(CCSC(N(C(=O)OC(C)(C)C)C(=O)OC(C)(C)C)=N2)C1. The zero-order valence-corrected chi connectivity index (χ0v) is 26.7. The Morgan fingerprint density at radius 1 is 1.03 bits per heavy atom. The molecule has 2 heterocycles. The van der Waals surface area contributed by atoms with Gasteiger partial charge in [0.15, 0.2) is 5.17 Å². The first-order chi connectivity index (χ1) is 17.5. The van der Waals surface area contributed by atoms with Crippen molar-refractivity contribution in [3.63, 3.8) is 0 Å². The van der Waals surface area contributed by atoms with Crippen LogP contribution in [0.15, 0.2) is 39.8 Å². The molecule has 38 heavy (non-hydrogen) atoms. The number of hydrogen-bond acceptors (Lipinski definition) is 7. The van der Waals surface area contributed by atoms with Crippen molar-refractivity contribution in [2.24, 2.45) is 10.4 Å². The lowest BCUT2D eigenvalue weighted by Crippen LogP contribution is -2.49. The van der Waals surface area contributed by atoms with Gasteiger partial charge in [0, 0.05) is 20.0 Å². The first kappa shape index (κ1) is 29.2. The number of thioether (sulfide) groups is 1. The number of amidine groups is 1. The number of fused-ring (bicyclic) bond motifs is 2. The van der Waals surface area contributed by atoms with Crippen LogP contribution in [0.2, 0.25) is 0 Å². The molecule has 1 aliphatic carbocycles. The Hall–Kier alpha value is -1.84. The fourth-order valence-corrected chi connectivity index (χ4v) is 8.04. The smallest absolute Gasteiger partial charge is 0.426 e. The number of aliphatic imine (C=N–C) groups is 1. The molecule has 1 aliphatic heterocycles. The van der Waals surface area contributed by atoms with E-state index < -0.39 is 28.9 Å². The summed E-state index contributed by atoms with van der Waals surface area (Å²) in [6.07, 6.45) is 1.06. The van der Waals surface area contributed by atoms with Gasteiger partial charge in [-0.05, 0) is 95.5 Å². The largest absolute Gasteiger partial charge is 0.443 e. The minimum Gasteiger partial charge on any atom is -0.443 e. The van der Waals surface area contributed by atoms with Crippen LogP contribution < -0.4 is 0 Å². The summed E-state index contributed by atoms with van der Waals surface area (Å²) in [6.45, 7) is 15.2. The average Bonchev–Trinajstić information content (AvgIpc) is 3.15. The van der Waals surface area contributed by atoms with Crippen molar-refractivity contribution in [1.29, 1.82) is 0 Å². The molecule has 0 saturated carbocycles. The lowest BCUT2D eigenvalue weighted by atomic mass is 9.67. The number of halogens is 1. The minimum absolute atomic E-state index is 0.00563. The Kier molecular flexibility index (Phi) is 7.89. The van der Waals surface area contributed by atoms with Gasteiger partial charge in [-0.1, -0.05) is 53.7 Å². The van der Waals surface area contributed by atoms with Gasteiger partial charge >= 0.3 is 12.2 Å². The molecule has 0 N–H and O–H groups in total. The lowest BCUT2D eigenvalue weighted by Gasteiger charge is -2.45. The molecule has 4 rings (SSSR count). The quantitative estimate of drug-likeness (QED) is 0.318. The van der Waals surface area contributed by atoms with Gasteiger partial charge in [-0.25, -0.2) is 14.6 Å². The van der Waals surface area contributed by atoms with Crippen LogP contribution in [-0.2, 0) is 21.4 Å². The Morgan fingerprint density at radius 2 is 1.66 bits per heavy atom. The molecule has 0 saturated heterocycles. The van der Waals surface area contributed by atoms with E-state index in [9.17, 15) is 9.59 Å². The van der Waals surface area contributed by atoms with Gasteiger partial charge in [0.2, 0.25) is 0 Å². The van der Waals surface area contributed by atoms with Gasteiger partial charge in [-0.15, -0.1) is 11.3 Å². The van der Waals surface area contributed by atoms with E-state index >= 15 is 0 Å². The molecule has 2 amide bonds. The van der Waals surface area contributed by atoms with Crippen molar-refractivity contribution in [3.05, 3.63) is 45.2 Å². The van der Waals surface area contributed by atoms with Crippen LogP contribution in [0, 0.1) is 5.41 Å². The average molecular weight is 622 g/mol. The molecule has 9 heteroatoms. The highest BCUT2D eigenvalue weighted by molar-refractivity contribution is 9.10. The van der Waals surface area contributed by atoms with E-state index in [0.717, 1.165) is 40.0 Å². The van der Waals surface area contributed by atoms with Gasteiger partial charge in [0.05, 0.1) is 5.54 Å². The summed E-state index contributed by atoms with van der Waals surface area (Å²) >= 11 is 6.81. The number of carbonyl (C=O) groups excluding carboxylic acids is 2. The number of hydrogen-bond donors (Lipinski definition) is 0. The van der Waals surface area contributed by atoms with Crippen molar-refractivity contribution < 1.29 is 19.1 Å². The topological polar surface area (TPSA) is 68.2 Å². The number of benzene rings is 1. The van der Waals surface area contributed by atoms with E-state index in [1.54, 1.807) is 41.5 Å². The van der Waals surface area contributed by atoms with Gasteiger partial charge < -0.3 is 9.47 Å². The number of thiophene rings is 1. The highest BCUT2D eigenvalue weighted by Crippen LogP contribution is 2.54. The number of amides is 2. The Balaban J connectivity index is 1.82. The molecule has 0 fully saturated rings. The number of ether oxygens (including phenoxy) is 2. The summed E-state index contributed by atoms with van der Waals surface area (Å²) < 4.78 is 12.3. The molecule has 1 aromatic carbocycles. The standard InChI is InChI=1S/C29H37BrN2O4S2/c1-26(2,3)35-24(33)32(25(34)36-27(4,5)6)23-31-29(12-13-37-23)17-28(7,8)16-22-20(29)15-21(38-22)18-10-9-11-19(30)14-18/h9-11,14-15H,12-13,16-17H2,1-8H3. The molecular weight excluding hydrogens is 584 g/mol. The molecule has 1 spiro atoms. The van der Waals surface area contributed by atoms with Gasteiger partial charge in [0.1, 0.15) is 11.2 Å². The second-order valence-corrected chi connectivity index (χ2v) is 15.9. The second kappa shape index (κ2) is 10.3. The number of nitrogens with zero attached hydrogens (tertiary/aromatic N) is 2. The maximum Gasteiger partial charge on any atom is 0.426 e. The first-order valence-electron chi connectivity index (χ1n) is 12.8. The van der Waals surface area contributed by atoms with Gasteiger partial charge in [-0.2, -0.15) is 4.90 Å². The third kappa shape index (κ3) is 6.65. The van der Waals surface area contributed by atoms with E-state index in [-0.39, 0.29) is 5.41 Å². The van der Waals surface area contributed by atoms with Crippen LogP contribution in [0.5, 0.6) is 0 Å². The summed E-state index contributed by atoms with van der Waals surface area (Å²) in [6, 6.07) is 10.6. The van der Waals surface area contributed by atoms with Crippen molar-refractivity contribution >= 4 is 56.4 Å². The van der Waals surface area contributed by atoms with Gasteiger partial charge in [0.25, 0.3) is 0 Å². The summed E-state index contributed by atoms with van der Waals surface area (Å²) in [4.78, 5) is 35.4. The zero-order chi connectivity index (χ0) is 28.1. The van der Waals surface area contributed by atoms with E-state index in [2.05, 4.69) is 48.0 Å². The summed E-state index contributed by atoms with van der Waals surface area (Å²) in [7, 11) is 0. The highest BCUT2D eigenvalue weighted by Gasteiger charge is 2.48. The molecular formula is C29H37BrN2O4S2. The van der Waals surface area contributed by atoms with E-state index in [0.29, 0.717) is 5.17 Å². The molecule has 6 nitrogen and oxygen atoms in total. The Labute approximate surface area is 242 Å². The maximum atomic E-state index is 13.4. The van der Waals surface area contributed by atoms with Crippen molar-refractivity contribution in [3.8, 4) is 10.4 Å². The summed E-state index contributed by atoms with van der Waals surface area (Å²) in [5, 5.41) is 0.332. The third-order valence-electron chi connectivity index (χ3n) is 6.23. The van der Waals surface area contributed by atoms with Crippen LogP contribution in [-0.4, -0.2) is 39.2 Å². The molecule has 2 aromatic rings. The monoisotopic (exact) mass is 620 g/mol. The van der Waals surface area contributed by atoms with Crippen LogP contribution in [0.25, 0.3) is 10.4 Å². The molecule has 1 atom stereocenters. The van der Waals surface area contributed by atoms with Crippen molar-refractivity contribution in [2.45, 2.75) is 91.4 Å². The van der Waals surface area contributed by atoms with Crippen LogP contribution in [0.4, 0.5) is 9.59 Å². The molecule has 2 aliphatic rings. The zero-order valence-electron chi connectivity index (χ0n) is 23.4. The second-order valence-electron chi connectivity index (χ2n) is 12.8. The minimum atomic E-state index is -0.777. The highest BCUT2D eigenvalue weighted by atomic mass is 79.9. The fourth-order valence-electron chi connectivity index (χ4n) is 4.99. The molecule has 0 bridgehead atoms. The normalized spacial score (nSPS) is 20.9. The molecule has 1 aromatic heterocycles. The third-order valence-corrected chi connectivity index (χ3v) is 8.85. The number of imide groups is 1. The Morgan fingerprint density at radius 3 is 2.24 bits per heavy atom. The first-order valence-corrected chi connectivity index (χ1v) is 15.4. The van der Waals surface area contributed by atoms with Crippen LogP contribution >= 0.6 is 39.0 Å². The maximum absolute atomic E-state index is 13.4.